The molecule has 5 heteroatoms. The number of nitrogens with two attached hydrogens (primary N) is 1. The standard InChI is InChI=1S/C15H25ClN2OS/c1-11(17)15(13-7-8-14(16)20-13)18(9-10-19)12-5-3-2-4-6-12/h7-8,11-12,15,19H,2-6,9-10,17H2,1H3. The van der Waals surface area contributed by atoms with Gasteiger partial charge >= 0.3 is 0 Å². The molecule has 2 atom stereocenters. The topological polar surface area (TPSA) is 49.5 Å². The molecule has 20 heavy (non-hydrogen) atoms. The molecule has 1 aromatic rings. The minimum Gasteiger partial charge on any atom is -0.395 e. The average Bonchev–Trinajstić information content (AvgIpc) is 2.85. The van der Waals surface area contributed by atoms with Gasteiger partial charge in [-0.2, -0.15) is 0 Å². The van der Waals surface area contributed by atoms with E-state index in [0.717, 1.165) is 4.34 Å². The Morgan fingerprint density at radius 3 is 2.60 bits per heavy atom. The van der Waals surface area contributed by atoms with Crippen LogP contribution in [0, 0.1) is 0 Å². The van der Waals surface area contributed by atoms with Crippen molar-refractivity contribution in [2.45, 2.75) is 57.2 Å². The molecule has 0 spiro atoms. The van der Waals surface area contributed by atoms with Gasteiger partial charge in [-0.3, -0.25) is 4.90 Å². The van der Waals surface area contributed by atoms with Crippen molar-refractivity contribution >= 4 is 22.9 Å². The molecule has 1 fully saturated rings. The fourth-order valence-electron chi connectivity index (χ4n) is 3.29. The Balaban J connectivity index is 2.22. The van der Waals surface area contributed by atoms with E-state index in [1.807, 2.05) is 13.0 Å². The molecular weight excluding hydrogens is 292 g/mol. The van der Waals surface area contributed by atoms with Crippen LogP contribution in [0.15, 0.2) is 12.1 Å². The van der Waals surface area contributed by atoms with Gasteiger partial charge in [0.1, 0.15) is 0 Å². The third kappa shape index (κ3) is 3.95. The van der Waals surface area contributed by atoms with Gasteiger partial charge < -0.3 is 10.8 Å². The molecule has 3 N–H and O–H groups in total. The first kappa shape index (κ1) is 16.2. The Morgan fingerprint density at radius 1 is 1.40 bits per heavy atom. The highest BCUT2D eigenvalue weighted by atomic mass is 35.5. The Hall–Kier alpha value is -0.130. The zero-order valence-corrected chi connectivity index (χ0v) is 13.7. The van der Waals surface area contributed by atoms with Crippen LogP contribution in [0.1, 0.15) is 49.9 Å². The van der Waals surface area contributed by atoms with Gasteiger partial charge in [-0.25, -0.2) is 0 Å². The summed E-state index contributed by atoms with van der Waals surface area (Å²) in [5.74, 6) is 0. The smallest absolute Gasteiger partial charge is 0.0931 e. The molecule has 114 valence electrons. The number of rotatable bonds is 6. The second-order valence-corrected chi connectivity index (χ2v) is 7.45. The van der Waals surface area contributed by atoms with Crippen molar-refractivity contribution in [3.8, 4) is 0 Å². The molecular formula is C15H25ClN2OS. The number of hydrogen-bond acceptors (Lipinski definition) is 4. The molecule has 0 aromatic carbocycles. The number of nitrogens with zero attached hydrogens (tertiary/aromatic N) is 1. The van der Waals surface area contributed by atoms with Crippen molar-refractivity contribution in [2.75, 3.05) is 13.2 Å². The summed E-state index contributed by atoms with van der Waals surface area (Å²) < 4.78 is 0.804. The molecule has 0 radical (unpaired) electrons. The molecule has 0 saturated heterocycles. The fraction of sp³-hybridized carbons (Fsp3) is 0.733. The fourth-order valence-corrected chi connectivity index (χ4v) is 4.59. The van der Waals surface area contributed by atoms with Crippen LogP contribution in [-0.2, 0) is 0 Å². The van der Waals surface area contributed by atoms with Crippen molar-refractivity contribution in [1.29, 1.82) is 0 Å². The Morgan fingerprint density at radius 2 is 2.10 bits per heavy atom. The molecule has 3 nitrogen and oxygen atoms in total. The van der Waals surface area contributed by atoms with Gasteiger partial charge in [-0.15, -0.1) is 11.3 Å². The highest BCUT2D eigenvalue weighted by Gasteiger charge is 2.31. The van der Waals surface area contributed by atoms with Gasteiger partial charge in [0, 0.05) is 23.5 Å². The third-order valence-electron chi connectivity index (χ3n) is 4.14. The van der Waals surface area contributed by atoms with E-state index < -0.39 is 0 Å². The lowest BCUT2D eigenvalue weighted by Gasteiger charge is -2.41. The quantitative estimate of drug-likeness (QED) is 0.845. The summed E-state index contributed by atoms with van der Waals surface area (Å²) in [5, 5.41) is 9.44. The predicted octanol–water partition coefficient (Wildman–Crippen LogP) is 3.42. The second kappa shape index (κ2) is 7.76. The van der Waals surface area contributed by atoms with Crippen LogP contribution in [0.3, 0.4) is 0 Å². The van der Waals surface area contributed by atoms with E-state index >= 15 is 0 Å². The van der Waals surface area contributed by atoms with Crippen LogP contribution >= 0.6 is 22.9 Å². The van der Waals surface area contributed by atoms with Gasteiger partial charge in [0.15, 0.2) is 0 Å². The van der Waals surface area contributed by atoms with E-state index in [1.54, 1.807) is 11.3 Å². The van der Waals surface area contributed by atoms with E-state index in [4.69, 9.17) is 17.3 Å². The maximum Gasteiger partial charge on any atom is 0.0931 e. The van der Waals surface area contributed by atoms with E-state index in [9.17, 15) is 5.11 Å². The van der Waals surface area contributed by atoms with Crippen molar-refractivity contribution in [3.63, 3.8) is 0 Å². The van der Waals surface area contributed by atoms with Crippen LogP contribution in [0.5, 0.6) is 0 Å². The van der Waals surface area contributed by atoms with E-state index in [0.29, 0.717) is 12.6 Å². The van der Waals surface area contributed by atoms with E-state index in [1.165, 1.54) is 37.0 Å². The second-order valence-electron chi connectivity index (χ2n) is 5.70. The van der Waals surface area contributed by atoms with E-state index in [2.05, 4.69) is 11.0 Å². The first-order chi connectivity index (χ1) is 9.63. The highest BCUT2D eigenvalue weighted by Crippen LogP contribution is 2.36. The van der Waals surface area contributed by atoms with Crippen LogP contribution in [0.2, 0.25) is 4.34 Å². The van der Waals surface area contributed by atoms with Crippen molar-refractivity contribution < 1.29 is 5.11 Å². The number of aliphatic hydroxyl groups excluding tert-OH is 1. The number of thiophene rings is 1. The van der Waals surface area contributed by atoms with Crippen molar-refractivity contribution in [2.24, 2.45) is 5.73 Å². The van der Waals surface area contributed by atoms with E-state index in [-0.39, 0.29) is 18.7 Å². The lowest BCUT2D eigenvalue weighted by molar-refractivity contribution is 0.0715. The van der Waals surface area contributed by atoms with Gasteiger partial charge in [-0.1, -0.05) is 30.9 Å². The SMILES string of the molecule is CC(N)C(c1ccc(Cl)s1)N(CCO)C1CCCCC1. The summed E-state index contributed by atoms with van der Waals surface area (Å²) in [6, 6.07) is 4.73. The molecule has 0 bridgehead atoms. The highest BCUT2D eigenvalue weighted by molar-refractivity contribution is 7.16. The normalized spacial score (nSPS) is 20.2. The van der Waals surface area contributed by atoms with Crippen LogP contribution in [0.25, 0.3) is 0 Å². The summed E-state index contributed by atoms with van der Waals surface area (Å²) in [6.45, 7) is 2.91. The molecule has 1 saturated carbocycles. The van der Waals surface area contributed by atoms with Gasteiger partial charge in [0.25, 0.3) is 0 Å². The largest absolute Gasteiger partial charge is 0.395 e. The molecule has 1 aromatic heterocycles. The maximum absolute atomic E-state index is 9.44. The van der Waals surface area contributed by atoms with Crippen molar-refractivity contribution in [3.05, 3.63) is 21.3 Å². The summed E-state index contributed by atoms with van der Waals surface area (Å²) in [7, 11) is 0. The molecule has 1 aliphatic rings. The van der Waals surface area contributed by atoms with Crippen LogP contribution in [-0.4, -0.2) is 35.2 Å². The van der Waals surface area contributed by atoms with Gasteiger partial charge in [-0.05, 0) is 31.9 Å². The molecule has 2 rings (SSSR count). The zero-order chi connectivity index (χ0) is 14.5. The van der Waals surface area contributed by atoms with Crippen LogP contribution in [0.4, 0.5) is 0 Å². The number of aliphatic hydroxyl groups is 1. The first-order valence-electron chi connectivity index (χ1n) is 7.51. The lowest BCUT2D eigenvalue weighted by Crippen LogP contribution is -2.47. The molecule has 0 amide bonds. The van der Waals surface area contributed by atoms with Gasteiger partial charge in [0.2, 0.25) is 0 Å². The van der Waals surface area contributed by atoms with Crippen molar-refractivity contribution in [1.82, 2.24) is 4.90 Å². The van der Waals surface area contributed by atoms with Gasteiger partial charge in [0.05, 0.1) is 17.0 Å². The maximum atomic E-state index is 9.44. The summed E-state index contributed by atoms with van der Waals surface area (Å²) >= 11 is 7.69. The number of hydrogen-bond donors (Lipinski definition) is 2. The monoisotopic (exact) mass is 316 g/mol. The summed E-state index contributed by atoms with van der Waals surface area (Å²) in [6.07, 6.45) is 6.31. The third-order valence-corrected chi connectivity index (χ3v) is 5.44. The Kier molecular flexibility index (Phi) is 6.30. The van der Waals surface area contributed by atoms with Crippen LogP contribution < -0.4 is 5.73 Å². The molecule has 1 aliphatic carbocycles. The lowest BCUT2D eigenvalue weighted by atomic mass is 9.92. The minimum atomic E-state index is 0.0261. The molecule has 1 heterocycles. The minimum absolute atomic E-state index is 0.0261. The first-order valence-corrected chi connectivity index (χ1v) is 8.70. The number of halogens is 1. The summed E-state index contributed by atoms with van der Waals surface area (Å²) in [5.41, 5.74) is 6.26. The Bertz CT molecular complexity index is 404. The Labute approximate surface area is 130 Å². The molecule has 0 aliphatic heterocycles. The predicted molar refractivity (Wildman–Crippen MR) is 86.4 cm³/mol. The average molecular weight is 317 g/mol. The summed E-state index contributed by atoms with van der Waals surface area (Å²) in [4.78, 5) is 3.62. The molecule has 2 unspecified atom stereocenters. The zero-order valence-electron chi connectivity index (χ0n) is 12.1.